The molecule has 0 radical (unpaired) electrons. The van der Waals surface area contributed by atoms with E-state index in [1.165, 1.54) is 11.1 Å². The van der Waals surface area contributed by atoms with E-state index in [1.54, 1.807) is 0 Å². The molecule has 0 amide bonds. The van der Waals surface area contributed by atoms with Crippen LogP contribution in [0.1, 0.15) is 94.7 Å². The Kier molecular flexibility index (Phi) is 5.95. The Labute approximate surface area is 171 Å². The van der Waals surface area contributed by atoms with Crippen LogP contribution in [-0.2, 0) is 10.8 Å². The van der Waals surface area contributed by atoms with Gasteiger partial charge in [-0.05, 0) is 64.0 Å². The Morgan fingerprint density at radius 2 is 0.964 bits per heavy atom. The molecule has 2 rings (SSSR count). The van der Waals surface area contributed by atoms with Crippen LogP contribution in [0.15, 0.2) is 24.3 Å². The monoisotopic (exact) mass is 382 g/mol. The minimum Gasteiger partial charge on any atom is -0.507 e. The van der Waals surface area contributed by atoms with Gasteiger partial charge in [-0.1, -0.05) is 79.7 Å². The van der Waals surface area contributed by atoms with Crippen LogP contribution in [0.2, 0.25) is 0 Å². The molecule has 154 valence electrons. The average molecular weight is 383 g/mol. The predicted octanol–water partition coefficient (Wildman–Crippen LogP) is 7.10. The lowest BCUT2D eigenvalue weighted by atomic mass is 9.75. The largest absolute Gasteiger partial charge is 0.507 e. The molecule has 0 atom stereocenters. The van der Waals surface area contributed by atoms with Gasteiger partial charge in [0, 0.05) is 5.92 Å². The summed E-state index contributed by atoms with van der Waals surface area (Å²) in [7, 11) is 0. The quantitative estimate of drug-likeness (QED) is 0.594. The number of rotatable bonds is 3. The minimum atomic E-state index is -0.131. The number of phenols is 2. The molecule has 0 fully saturated rings. The highest BCUT2D eigenvalue weighted by atomic mass is 16.3. The summed E-state index contributed by atoms with van der Waals surface area (Å²) in [4.78, 5) is 0. The molecule has 0 saturated carbocycles. The van der Waals surface area contributed by atoms with Gasteiger partial charge in [0.25, 0.3) is 0 Å². The fourth-order valence-electron chi connectivity index (χ4n) is 4.08. The zero-order valence-electron chi connectivity index (χ0n) is 19.4. The second-order valence-electron chi connectivity index (χ2n) is 10.7. The number of phenolic OH excluding ortho intramolecular Hbond substituents is 2. The lowest BCUT2D eigenvalue weighted by Gasteiger charge is -2.29. The van der Waals surface area contributed by atoms with Gasteiger partial charge in [-0.3, -0.25) is 0 Å². The number of hydrogen-bond donors (Lipinski definition) is 2. The van der Waals surface area contributed by atoms with Crippen LogP contribution < -0.4 is 0 Å². The van der Waals surface area contributed by atoms with E-state index < -0.39 is 0 Å². The topological polar surface area (TPSA) is 40.5 Å². The Morgan fingerprint density at radius 3 is 1.21 bits per heavy atom. The maximum atomic E-state index is 10.6. The fourth-order valence-corrected chi connectivity index (χ4v) is 4.08. The molecule has 0 aromatic heterocycles. The Bertz CT molecular complexity index is 792. The van der Waals surface area contributed by atoms with Crippen LogP contribution in [-0.4, -0.2) is 10.2 Å². The van der Waals surface area contributed by atoms with E-state index in [2.05, 4.69) is 79.7 Å². The standard InChI is InChI=1S/C26H38O2/c1-15(2)22(18-11-16(3)23(27)20(13-18)25(5,6)7)19-12-17(4)24(28)21(14-19)26(8,9)10/h11-15,22,27-28H,1-10H3. The molecular weight excluding hydrogens is 344 g/mol. The molecule has 0 saturated heterocycles. The van der Waals surface area contributed by atoms with Crippen LogP contribution in [0.4, 0.5) is 0 Å². The summed E-state index contributed by atoms with van der Waals surface area (Å²) >= 11 is 0. The number of aryl methyl sites for hydroxylation is 2. The molecule has 2 nitrogen and oxygen atoms in total. The summed E-state index contributed by atoms with van der Waals surface area (Å²) in [6, 6.07) is 8.58. The highest BCUT2D eigenvalue weighted by molar-refractivity contribution is 5.52. The van der Waals surface area contributed by atoms with E-state index in [-0.39, 0.29) is 16.7 Å². The molecule has 0 aliphatic carbocycles. The SMILES string of the molecule is Cc1cc(C(c2cc(C)c(O)c(C(C)(C)C)c2)C(C)C)cc(C(C)(C)C)c1O. The third-order valence-electron chi connectivity index (χ3n) is 5.65. The van der Waals surface area contributed by atoms with Crippen molar-refractivity contribution in [1.29, 1.82) is 0 Å². The Balaban J connectivity index is 2.76. The van der Waals surface area contributed by atoms with E-state index in [0.717, 1.165) is 22.3 Å². The predicted molar refractivity (Wildman–Crippen MR) is 120 cm³/mol. The van der Waals surface area contributed by atoms with Crippen molar-refractivity contribution in [3.8, 4) is 11.5 Å². The van der Waals surface area contributed by atoms with Gasteiger partial charge in [0.05, 0.1) is 0 Å². The summed E-state index contributed by atoms with van der Waals surface area (Å²) in [5, 5.41) is 21.3. The summed E-state index contributed by atoms with van der Waals surface area (Å²) < 4.78 is 0. The van der Waals surface area contributed by atoms with E-state index in [4.69, 9.17) is 0 Å². The summed E-state index contributed by atoms with van der Waals surface area (Å²) in [6.07, 6.45) is 0. The van der Waals surface area contributed by atoms with Crippen molar-refractivity contribution >= 4 is 0 Å². The van der Waals surface area contributed by atoms with Gasteiger partial charge in [0.15, 0.2) is 0 Å². The summed E-state index contributed by atoms with van der Waals surface area (Å²) in [5.41, 5.74) is 5.99. The van der Waals surface area contributed by atoms with E-state index in [1.807, 2.05) is 13.8 Å². The van der Waals surface area contributed by atoms with Gasteiger partial charge in [-0.15, -0.1) is 0 Å². The molecule has 2 aromatic rings. The Morgan fingerprint density at radius 1 is 0.643 bits per heavy atom. The van der Waals surface area contributed by atoms with Crippen molar-refractivity contribution in [1.82, 2.24) is 0 Å². The molecule has 0 unspecified atom stereocenters. The zero-order chi connectivity index (χ0) is 21.6. The highest BCUT2D eigenvalue weighted by Crippen LogP contribution is 2.42. The maximum Gasteiger partial charge on any atom is 0.122 e. The molecule has 2 aromatic carbocycles. The first kappa shape index (κ1) is 22.3. The van der Waals surface area contributed by atoms with Gasteiger partial charge in [0.1, 0.15) is 11.5 Å². The highest BCUT2D eigenvalue weighted by Gasteiger charge is 2.27. The molecule has 0 spiro atoms. The third kappa shape index (κ3) is 4.37. The van der Waals surface area contributed by atoms with E-state index >= 15 is 0 Å². The van der Waals surface area contributed by atoms with Crippen LogP contribution in [0.25, 0.3) is 0 Å². The fraction of sp³-hybridized carbons (Fsp3) is 0.538. The van der Waals surface area contributed by atoms with Crippen molar-refractivity contribution in [3.63, 3.8) is 0 Å². The molecule has 0 aliphatic heterocycles. The molecular formula is C26H38O2. The van der Waals surface area contributed by atoms with E-state index in [9.17, 15) is 10.2 Å². The van der Waals surface area contributed by atoms with Crippen LogP contribution in [0, 0.1) is 19.8 Å². The molecule has 0 aliphatic rings. The van der Waals surface area contributed by atoms with Gasteiger partial charge in [-0.25, -0.2) is 0 Å². The van der Waals surface area contributed by atoms with Crippen molar-refractivity contribution in [2.75, 3.05) is 0 Å². The first-order chi connectivity index (χ1) is 12.6. The third-order valence-corrected chi connectivity index (χ3v) is 5.65. The van der Waals surface area contributed by atoms with Gasteiger partial charge < -0.3 is 10.2 Å². The summed E-state index contributed by atoms with van der Waals surface area (Å²) in [6.45, 7) is 21.3. The molecule has 0 bridgehead atoms. The van der Waals surface area contributed by atoms with Crippen molar-refractivity contribution in [2.24, 2.45) is 5.92 Å². The molecule has 2 heteroatoms. The smallest absolute Gasteiger partial charge is 0.122 e. The number of aromatic hydroxyl groups is 2. The Hall–Kier alpha value is -1.96. The number of hydrogen-bond acceptors (Lipinski definition) is 2. The van der Waals surface area contributed by atoms with Crippen molar-refractivity contribution in [3.05, 3.63) is 57.6 Å². The molecule has 2 N–H and O–H groups in total. The first-order valence-electron chi connectivity index (χ1n) is 10.3. The lowest BCUT2D eigenvalue weighted by Crippen LogP contribution is -2.17. The second kappa shape index (κ2) is 7.46. The second-order valence-corrected chi connectivity index (χ2v) is 10.7. The van der Waals surface area contributed by atoms with Gasteiger partial charge >= 0.3 is 0 Å². The molecule has 28 heavy (non-hydrogen) atoms. The van der Waals surface area contributed by atoms with Crippen LogP contribution >= 0.6 is 0 Å². The number of benzene rings is 2. The van der Waals surface area contributed by atoms with Crippen LogP contribution in [0.5, 0.6) is 11.5 Å². The molecule has 0 heterocycles. The zero-order valence-corrected chi connectivity index (χ0v) is 19.4. The maximum absolute atomic E-state index is 10.6. The normalized spacial score (nSPS) is 12.9. The van der Waals surface area contributed by atoms with E-state index in [0.29, 0.717) is 17.4 Å². The first-order valence-corrected chi connectivity index (χ1v) is 10.3. The average Bonchev–Trinajstić information content (AvgIpc) is 2.51. The lowest BCUT2D eigenvalue weighted by molar-refractivity contribution is 0.440. The minimum absolute atomic E-state index is 0.131. The van der Waals surface area contributed by atoms with Gasteiger partial charge in [0.2, 0.25) is 0 Å². The summed E-state index contributed by atoms with van der Waals surface area (Å²) in [5.74, 6) is 1.38. The van der Waals surface area contributed by atoms with Crippen LogP contribution in [0.3, 0.4) is 0 Å². The van der Waals surface area contributed by atoms with Gasteiger partial charge in [-0.2, -0.15) is 0 Å². The van der Waals surface area contributed by atoms with Crippen molar-refractivity contribution < 1.29 is 10.2 Å². The van der Waals surface area contributed by atoms with Crippen molar-refractivity contribution in [2.45, 2.75) is 86.0 Å².